The molecule has 3 aromatic rings. The monoisotopic (exact) mass is 394 g/mol. The highest BCUT2D eigenvalue weighted by molar-refractivity contribution is 5.89. The third kappa shape index (κ3) is 4.26. The lowest BCUT2D eigenvalue weighted by atomic mass is 9.92. The van der Waals surface area contributed by atoms with E-state index in [4.69, 9.17) is 9.84 Å². The van der Waals surface area contributed by atoms with Crippen LogP contribution in [-0.2, 0) is 10.2 Å². The molecule has 150 valence electrons. The number of aromatic nitrogens is 4. The van der Waals surface area contributed by atoms with Gasteiger partial charge in [0.2, 0.25) is 0 Å². The Kier molecular flexibility index (Phi) is 5.11. The number of nitrogens with zero attached hydrogens (tertiary/aromatic N) is 4. The van der Waals surface area contributed by atoms with E-state index in [2.05, 4.69) is 16.8 Å². The van der Waals surface area contributed by atoms with Crippen LogP contribution < -0.4 is 0 Å². The maximum absolute atomic E-state index is 12.6. The van der Waals surface area contributed by atoms with Crippen LogP contribution in [0.2, 0.25) is 0 Å². The minimum atomic E-state index is -1.17. The third-order valence-corrected chi connectivity index (χ3v) is 4.16. The second kappa shape index (κ2) is 7.38. The van der Waals surface area contributed by atoms with E-state index >= 15 is 0 Å². The summed E-state index contributed by atoms with van der Waals surface area (Å²) in [6.07, 6.45) is 1.72. The summed E-state index contributed by atoms with van der Waals surface area (Å²) in [5.41, 5.74) is 2.73. The van der Waals surface area contributed by atoms with E-state index in [0.29, 0.717) is 11.3 Å². The molecule has 0 aliphatic rings. The van der Waals surface area contributed by atoms with Crippen molar-refractivity contribution in [3.63, 3.8) is 0 Å². The van der Waals surface area contributed by atoms with Gasteiger partial charge in [0.15, 0.2) is 5.69 Å². The fourth-order valence-electron chi connectivity index (χ4n) is 2.69. The first kappa shape index (κ1) is 20.1. The quantitative estimate of drug-likeness (QED) is 0.525. The van der Waals surface area contributed by atoms with Gasteiger partial charge in [-0.25, -0.2) is 14.3 Å². The summed E-state index contributed by atoms with van der Waals surface area (Å²) in [7, 11) is 0. The zero-order valence-electron chi connectivity index (χ0n) is 16.7. The lowest BCUT2D eigenvalue weighted by molar-refractivity contribution is 0.0617. The van der Waals surface area contributed by atoms with Gasteiger partial charge in [-0.3, -0.25) is 0 Å². The first-order valence-electron chi connectivity index (χ1n) is 8.93. The Morgan fingerprint density at radius 2 is 1.90 bits per heavy atom. The zero-order chi connectivity index (χ0) is 21.3. The fraction of sp³-hybridized carbons (Fsp3) is 0.238. The third-order valence-electron chi connectivity index (χ3n) is 4.16. The number of benzene rings is 1. The molecule has 0 aliphatic carbocycles. The summed E-state index contributed by atoms with van der Waals surface area (Å²) in [4.78, 5) is 23.7. The zero-order valence-corrected chi connectivity index (χ0v) is 16.7. The van der Waals surface area contributed by atoms with Gasteiger partial charge >= 0.3 is 12.1 Å². The molecule has 0 radical (unpaired) electrons. The molecule has 29 heavy (non-hydrogen) atoms. The number of carbonyl (C=O) groups excluding carboxylic acids is 1. The van der Waals surface area contributed by atoms with Gasteiger partial charge in [0.05, 0.1) is 23.3 Å². The van der Waals surface area contributed by atoms with Gasteiger partial charge in [-0.15, -0.1) is 0 Å². The number of hydrogen-bond donors (Lipinski definition) is 1. The number of allylic oxidation sites excluding steroid dienone is 1. The molecule has 0 atom stereocenters. The topological polar surface area (TPSA) is 99.2 Å². The van der Waals surface area contributed by atoms with Gasteiger partial charge in [-0.1, -0.05) is 39.5 Å². The van der Waals surface area contributed by atoms with Crippen LogP contribution in [0.3, 0.4) is 0 Å². The van der Waals surface area contributed by atoms with Gasteiger partial charge in [-0.2, -0.15) is 14.9 Å². The van der Waals surface area contributed by atoms with E-state index in [1.54, 1.807) is 25.1 Å². The van der Waals surface area contributed by atoms with Crippen molar-refractivity contribution in [3.8, 4) is 16.8 Å². The lowest BCUT2D eigenvalue weighted by Crippen LogP contribution is -2.13. The first-order chi connectivity index (χ1) is 13.6. The average Bonchev–Trinajstić information content (AvgIpc) is 3.28. The van der Waals surface area contributed by atoms with Crippen LogP contribution in [0.5, 0.6) is 0 Å². The van der Waals surface area contributed by atoms with E-state index in [1.807, 2.05) is 32.9 Å². The molecule has 2 heterocycles. The smallest absolute Gasteiger partial charge is 0.432 e. The number of carboxylic acid groups (broad SMARTS) is 1. The molecule has 3 rings (SSSR count). The van der Waals surface area contributed by atoms with Crippen LogP contribution >= 0.6 is 0 Å². The normalized spacial score (nSPS) is 11.3. The molecule has 0 fully saturated rings. The summed E-state index contributed by atoms with van der Waals surface area (Å²) in [6.45, 7) is 11.2. The highest BCUT2D eigenvalue weighted by Gasteiger charge is 2.25. The average molecular weight is 394 g/mol. The van der Waals surface area contributed by atoms with Crippen LogP contribution in [0.1, 0.15) is 43.9 Å². The molecule has 0 saturated heterocycles. The molecule has 0 unspecified atom stereocenters. The molecule has 8 nitrogen and oxygen atoms in total. The second-order valence-corrected chi connectivity index (χ2v) is 7.67. The highest BCUT2D eigenvalue weighted by atomic mass is 16.5. The maximum atomic E-state index is 12.6. The molecular weight excluding hydrogens is 372 g/mol. The van der Waals surface area contributed by atoms with Gasteiger partial charge in [0, 0.05) is 17.2 Å². The Bertz CT molecular complexity index is 1100. The first-order valence-corrected chi connectivity index (χ1v) is 8.93. The number of ether oxygens (including phenoxy) is 1. The van der Waals surface area contributed by atoms with Crippen molar-refractivity contribution < 1.29 is 19.4 Å². The second-order valence-electron chi connectivity index (χ2n) is 7.67. The Morgan fingerprint density at radius 3 is 2.48 bits per heavy atom. The Hall–Kier alpha value is -3.68. The largest absolute Gasteiger partial charge is 0.463 e. The Labute approximate surface area is 168 Å². The van der Waals surface area contributed by atoms with Gasteiger partial charge in [0.1, 0.15) is 0 Å². The predicted molar refractivity (Wildman–Crippen MR) is 107 cm³/mol. The molecule has 1 N–H and O–H groups in total. The molecule has 1 aromatic carbocycles. The van der Waals surface area contributed by atoms with E-state index in [9.17, 15) is 9.59 Å². The van der Waals surface area contributed by atoms with E-state index < -0.39 is 12.1 Å². The van der Waals surface area contributed by atoms with Crippen LogP contribution in [-0.4, -0.2) is 36.7 Å². The molecule has 0 spiro atoms. The van der Waals surface area contributed by atoms with Crippen molar-refractivity contribution in [1.29, 1.82) is 0 Å². The molecular formula is C21H22N4O4. The Balaban J connectivity index is 2.09. The SMILES string of the molecule is C=C(C)OC(=O)c1cc(C(C)(C)C)nn1-c1cccc(-c2cnn(C(=O)O)c2)c1. The highest BCUT2D eigenvalue weighted by Crippen LogP contribution is 2.27. The maximum Gasteiger partial charge on any atom is 0.432 e. The van der Waals surface area contributed by atoms with Crippen molar-refractivity contribution in [2.24, 2.45) is 0 Å². The summed E-state index contributed by atoms with van der Waals surface area (Å²) in [5.74, 6) is -0.264. The predicted octanol–water partition coefficient (Wildman–Crippen LogP) is 4.25. The Morgan fingerprint density at radius 1 is 1.17 bits per heavy atom. The number of carbonyl (C=O) groups is 2. The minimum absolute atomic E-state index is 0.274. The molecule has 0 amide bonds. The lowest BCUT2D eigenvalue weighted by Gasteiger charge is -2.14. The van der Waals surface area contributed by atoms with Crippen LogP contribution in [0, 0.1) is 0 Å². The number of esters is 1. The van der Waals surface area contributed by atoms with E-state index in [1.165, 1.54) is 17.1 Å². The van der Waals surface area contributed by atoms with Crippen LogP contribution in [0.25, 0.3) is 16.8 Å². The van der Waals surface area contributed by atoms with Crippen LogP contribution in [0.4, 0.5) is 4.79 Å². The molecule has 8 heteroatoms. The van der Waals surface area contributed by atoms with Crippen molar-refractivity contribution in [1.82, 2.24) is 19.6 Å². The summed E-state index contributed by atoms with van der Waals surface area (Å²) in [6, 6.07) is 8.95. The van der Waals surface area contributed by atoms with Gasteiger partial charge < -0.3 is 9.84 Å². The number of hydrogen-bond acceptors (Lipinski definition) is 5. The molecule has 0 aliphatic heterocycles. The minimum Gasteiger partial charge on any atom is -0.463 e. The van der Waals surface area contributed by atoms with Gasteiger partial charge in [-0.05, 0) is 30.7 Å². The van der Waals surface area contributed by atoms with E-state index in [-0.39, 0.29) is 16.9 Å². The fourth-order valence-corrected chi connectivity index (χ4v) is 2.69. The number of rotatable bonds is 4. The molecule has 0 bridgehead atoms. The van der Waals surface area contributed by atoms with Crippen molar-refractivity contribution in [2.75, 3.05) is 0 Å². The summed E-state index contributed by atoms with van der Waals surface area (Å²) >= 11 is 0. The van der Waals surface area contributed by atoms with Crippen molar-refractivity contribution in [2.45, 2.75) is 33.1 Å². The molecule has 0 saturated carbocycles. The van der Waals surface area contributed by atoms with Crippen molar-refractivity contribution in [3.05, 3.63) is 66.5 Å². The van der Waals surface area contributed by atoms with E-state index in [0.717, 1.165) is 15.9 Å². The summed E-state index contributed by atoms with van der Waals surface area (Å²) in [5, 5.41) is 17.5. The van der Waals surface area contributed by atoms with Gasteiger partial charge in [0.25, 0.3) is 0 Å². The van der Waals surface area contributed by atoms with Crippen molar-refractivity contribution >= 4 is 12.1 Å². The molecule has 2 aromatic heterocycles. The summed E-state index contributed by atoms with van der Waals surface area (Å²) < 4.78 is 7.56. The van der Waals surface area contributed by atoms with Crippen LogP contribution in [0.15, 0.2) is 55.1 Å². The standard InChI is InChI=1S/C21H22N4O4/c1-13(2)29-19(26)17-10-18(21(3,4)5)23-25(17)16-8-6-7-14(9-16)15-11-22-24(12-15)20(27)28/h6-12H,1H2,2-5H3,(H,27,28).